The molecule has 0 fully saturated rings. The van der Waals surface area contributed by atoms with Crippen molar-refractivity contribution in [3.05, 3.63) is 51.8 Å². The van der Waals surface area contributed by atoms with E-state index in [0.717, 1.165) is 22.5 Å². The molecule has 0 saturated heterocycles. The maximum atomic E-state index is 10.1. The number of aromatic nitrogens is 2. The van der Waals surface area contributed by atoms with Gasteiger partial charge in [0, 0.05) is 29.4 Å². The maximum absolute atomic E-state index is 10.1. The number of aryl methyl sites for hydroxylation is 2. The van der Waals surface area contributed by atoms with Gasteiger partial charge >= 0.3 is 0 Å². The molecule has 0 unspecified atom stereocenters. The number of halogens is 1. The van der Waals surface area contributed by atoms with Crippen LogP contribution >= 0.6 is 11.6 Å². The minimum Gasteiger partial charge on any atom is -0.387 e. The Morgan fingerprint density at radius 1 is 1.42 bits per heavy atom. The van der Waals surface area contributed by atoms with Crippen LogP contribution in [0.1, 0.15) is 28.6 Å². The van der Waals surface area contributed by atoms with Crippen LogP contribution in [0.25, 0.3) is 0 Å². The third-order valence-electron chi connectivity index (χ3n) is 3.15. The molecule has 1 atom stereocenters. The molecule has 102 valence electrons. The molecule has 5 heteroatoms. The Morgan fingerprint density at radius 2 is 2.21 bits per heavy atom. The first kappa shape index (κ1) is 14.1. The van der Waals surface area contributed by atoms with E-state index in [9.17, 15) is 5.11 Å². The topological polar surface area (TPSA) is 60.9 Å². The van der Waals surface area contributed by atoms with E-state index in [1.165, 1.54) is 0 Å². The second-order valence-electron chi connectivity index (χ2n) is 4.61. The number of aromatic amines is 1. The number of nitrogens with one attached hydrogen (secondary N) is 2. The largest absolute Gasteiger partial charge is 0.387 e. The highest BCUT2D eigenvalue weighted by molar-refractivity contribution is 6.30. The SMILES string of the molecule is Cc1n[nH]c(C)c1CNC[C@H](O)c1cccc(Cl)c1. The van der Waals surface area contributed by atoms with E-state index >= 15 is 0 Å². The Bertz CT molecular complexity index is 534. The lowest BCUT2D eigenvalue weighted by Gasteiger charge is -2.12. The molecule has 0 radical (unpaired) electrons. The van der Waals surface area contributed by atoms with Crippen LogP contribution in [0.15, 0.2) is 24.3 Å². The highest BCUT2D eigenvalue weighted by Crippen LogP contribution is 2.17. The van der Waals surface area contributed by atoms with Gasteiger partial charge in [-0.3, -0.25) is 5.10 Å². The summed E-state index contributed by atoms with van der Waals surface area (Å²) in [5.74, 6) is 0. The second kappa shape index (κ2) is 6.19. The lowest BCUT2D eigenvalue weighted by atomic mass is 10.1. The van der Waals surface area contributed by atoms with Crippen LogP contribution in [-0.4, -0.2) is 21.8 Å². The summed E-state index contributed by atoms with van der Waals surface area (Å²) < 4.78 is 0. The van der Waals surface area contributed by atoms with Crippen LogP contribution in [0.5, 0.6) is 0 Å². The van der Waals surface area contributed by atoms with Gasteiger partial charge in [-0.15, -0.1) is 0 Å². The lowest BCUT2D eigenvalue weighted by Crippen LogP contribution is -2.21. The number of nitrogens with zero attached hydrogens (tertiary/aromatic N) is 1. The van der Waals surface area contributed by atoms with Crippen LogP contribution < -0.4 is 5.32 Å². The van der Waals surface area contributed by atoms with Gasteiger partial charge in [-0.25, -0.2) is 0 Å². The second-order valence-corrected chi connectivity index (χ2v) is 5.05. The van der Waals surface area contributed by atoms with E-state index in [0.29, 0.717) is 18.1 Å². The summed E-state index contributed by atoms with van der Waals surface area (Å²) in [6, 6.07) is 7.28. The Kier molecular flexibility index (Phi) is 4.58. The van der Waals surface area contributed by atoms with Crippen molar-refractivity contribution in [2.24, 2.45) is 0 Å². The zero-order valence-electron chi connectivity index (χ0n) is 11.1. The Balaban J connectivity index is 1.89. The van der Waals surface area contributed by atoms with Crippen molar-refractivity contribution in [2.75, 3.05) is 6.54 Å². The zero-order chi connectivity index (χ0) is 13.8. The summed E-state index contributed by atoms with van der Waals surface area (Å²) >= 11 is 5.90. The number of aliphatic hydroxyl groups is 1. The molecule has 0 spiro atoms. The fourth-order valence-electron chi connectivity index (χ4n) is 2.00. The van der Waals surface area contributed by atoms with Gasteiger partial charge in [0.15, 0.2) is 0 Å². The first-order valence-corrected chi connectivity index (χ1v) is 6.60. The molecule has 0 bridgehead atoms. The summed E-state index contributed by atoms with van der Waals surface area (Å²) in [5.41, 5.74) is 4.02. The van der Waals surface area contributed by atoms with Crippen molar-refractivity contribution >= 4 is 11.6 Å². The van der Waals surface area contributed by atoms with Crippen molar-refractivity contribution in [1.29, 1.82) is 0 Å². The van der Waals surface area contributed by atoms with Gasteiger partial charge < -0.3 is 10.4 Å². The van der Waals surface area contributed by atoms with E-state index in [2.05, 4.69) is 15.5 Å². The third kappa shape index (κ3) is 3.56. The number of aliphatic hydroxyl groups excluding tert-OH is 1. The summed E-state index contributed by atoms with van der Waals surface area (Å²) in [4.78, 5) is 0. The van der Waals surface area contributed by atoms with E-state index in [-0.39, 0.29) is 0 Å². The van der Waals surface area contributed by atoms with Crippen LogP contribution in [0.4, 0.5) is 0 Å². The molecule has 0 aliphatic rings. The fourth-order valence-corrected chi connectivity index (χ4v) is 2.20. The van der Waals surface area contributed by atoms with Crippen molar-refractivity contribution in [2.45, 2.75) is 26.5 Å². The van der Waals surface area contributed by atoms with Gasteiger partial charge in [0.25, 0.3) is 0 Å². The summed E-state index contributed by atoms with van der Waals surface area (Å²) in [5, 5.41) is 21.0. The maximum Gasteiger partial charge on any atom is 0.0915 e. The monoisotopic (exact) mass is 279 g/mol. The molecular formula is C14H18ClN3O. The first-order chi connectivity index (χ1) is 9.08. The molecule has 1 heterocycles. The number of H-pyrrole nitrogens is 1. The molecule has 0 aliphatic heterocycles. The number of benzene rings is 1. The highest BCUT2D eigenvalue weighted by atomic mass is 35.5. The first-order valence-electron chi connectivity index (χ1n) is 6.22. The lowest BCUT2D eigenvalue weighted by molar-refractivity contribution is 0.174. The predicted molar refractivity (Wildman–Crippen MR) is 76.2 cm³/mol. The van der Waals surface area contributed by atoms with E-state index in [4.69, 9.17) is 11.6 Å². The molecule has 3 N–H and O–H groups in total. The molecule has 2 aromatic rings. The van der Waals surface area contributed by atoms with Gasteiger partial charge in [-0.2, -0.15) is 5.10 Å². The van der Waals surface area contributed by atoms with Gasteiger partial charge in [-0.1, -0.05) is 23.7 Å². The summed E-state index contributed by atoms with van der Waals surface area (Å²) in [6.07, 6.45) is -0.564. The van der Waals surface area contributed by atoms with Crippen LogP contribution in [-0.2, 0) is 6.54 Å². The molecule has 0 saturated carbocycles. The van der Waals surface area contributed by atoms with Crippen LogP contribution in [0.2, 0.25) is 5.02 Å². The molecule has 1 aromatic heterocycles. The minimum atomic E-state index is -0.564. The minimum absolute atomic E-state index is 0.477. The zero-order valence-corrected chi connectivity index (χ0v) is 11.8. The van der Waals surface area contributed by atoms with Gasteiger partial charge in [0.2, 0.25) is 0 Å². The predicted octanol–water partition coefficient (Wildman–Crippen LogP) is 2.50. The van der Waals surface area contributed by atoms with Crippen molar-refractivity contribution < 1.29 is 5.11 Å². The molecule has 4 nitrogen and oxygen atoms in total. The number of hydrogen-bond donors (Lipinski definition) is 3. The van der Waals surface area contributed by atoms with Crippen LogP contribution in [0, 0.1) is 13.8 Å². The van der Waals surface area contributed by atoms with E-state index in [1.54, 1.807) is 12.1 Å². The molecule has 19 heavy (non-hydrogen) atoms. The van der Waals surface area contributed by atoms with Gasteiger partial charge in [0.05, 0.1) is 11.8 Å². The molecular weight excluding hydrogens is 262 g/mol. The molecule has 2 rings (SSSR count). The van der Waals surface area contributed by atoms with Crippen molar-refractivity contribution in [1.82, 2.24) is 15.5 Å². The standard InChI is InChI=1S/C14H18ClN3O/c1-9-13(10(2)18-17-9)7-16-8-14(19)11-4-3-5-12(15)6-11/h3-6,14,16,19H,7-8H2,1-2H3,(H,17,18)/t14-/m0/s1. The average molecular weight is 280 g/mol. The third-order valence-corrected chi connectivity index (χ3v) is 3.39. The summed E-state index contributed by atoms with van der Waals surface area (Å²) in [6.45, 7) is 5.12. The smallest absolute Gasteiger partial charge is 0.0915 e. The molecule has 1 aromatic carbocycles. The fraction of sp³-hybridized carbons (Fsp3) is 0.357. The normalized spacial score (nSPS) is 12.6. The quantitative estimate of drug-likeness (QED) is 0.788. The van der Waals surface area contributed by atoms with E-state index < -0.39 is 6.10 Å². The molecule has 0 amide bonds. The Hall–Kier alpha value is -1.36. The average Bonchev–Trinajstić information content (AvgIpc) is 2.70. The molecule has 0 aliphatic carbocycles. The number of hydrogen-bond acceptors (Lipinski definition) is 3. The van der Waals surface area contributed by atoms with Crippen molar-refractivity contribution in [3.8, 4) is 0 Å². The van der Waals surface area contributed by atoms with Crippen LogP contribution in [0.3, 0.4) is 0 Å². The Labute approximate surface area is 117 Å². The van der Waals surface area contributed by atoms with E-state index in [1.807, 2.05) is 26.0 Å². The van der Waals surface area contributed by atoms with Gasteiger partial charge in [-0.05, 0) is 31.5 Å². The Morgan fingerprint density at radius 3 is 2.84 bits per heavy atom. The highest BCUT2D eigenvalue weighted by Gasteiger charge is 2.09. The number of rotatable bonds is 5. The summed E-state index contributed by atoms with van der Waals surface area (Å²) in [7, 11) is 0. The van der Waals surface area contributed by atoms with Gasteiger partial charge in [0.1, 0.15) is 0 Å². The van der Waals surface area contributed by atoms with Crippen molar-refractivity contribution in [3.63, 3.8) is 0 Å².